The summed E-state index contributed by atoms with van der Waals surface area (Å²) in [5, 5.41) is 9.51. The van der Waals surface area contributed by atoms with Crippen LogP contribution in [0.4, 0.5) is 4.39 Å². The summed E-state index contributed by atoms with van der Waals surface area (Å²) < 4.78 is 13.5. The summed E-state index contributed by atoms with van der Waals surface area (Å²) in [6.07, 6.45) is 0.945. The van der Waals surface area contributed by atoms with Gasteiger partial charge in [-0.3, -0.25) is 4.79 Å². The minimum absolute atomic E-state index is 0.252. The van der Waals surface area contributed by atoms with Gasteiger partial charge in [-0.1, -0.05) is 26.3 Å². The van der Waals surface area contributed by atoms with E-state index in [1.807, 2.05) is 13.8 Å². The van der Waals surface area contributed by atoms with Crippen LogP contribution in [0.3, 0.4) is 0 Å². The monoisotopic (exact) mass is 239 g/mol. The Hall–Kier alpha value is -1.58. The van der Waals surface area contributed by atoms with Gasteiger partial charge in [0.15, 0.2) is 0 Å². The second kappa shape index (κ2) is 5.66. The quantitative estimate of drug-likeness (QED) is 0.877. The summed E-state index contributed by atoms with van der Waals surface area (Å²) in [6, 6.07) is 3.85. The third kappa shape index (κ3) is 3.19. The zero-order valence-corrected chi connectivity index (χ0v) is 10.4. The van der Waals surface area contributed by atoms with E-state index in [9.17, 15) is 14.3 Å². The second-order valence-corrected chi connectivity index (χ2v) is 4.33. The molecule has 1 amide bonds. The Kier molecular flexibility index (Phi) is 4.49. The van der Waals surface area contributed by atoms with Crippen LogP contribution in [0.25, 0.3) is 0 Å². The van der Waals surface area contributed by atoms with Crippen molar-refractivity contribution in [2.75, 3.05) is 13.6 Å². The molecule has 1 atom stereocenters. The lowest BCUT2D eigenvalue weighted by Gasteiger charge is -2.21. The molecule has 1 rings (SSSR count). The number of hydrogen-bond acceptors (Lipinski definition) is 2. The number of rotatable bonds is 4. The average Bonchev–Trinajstić information content (AvgIpc) is 2.28. The molecule has 0 aromatic heterocycles. The van der Waals surface area contributed by atoms with Crippen molar-refractivity contribution in [3.63, 3.8) is 0 Å². The minimum atomic E-state index is -0.689. The van der Waals surface area contributed by atoms with E-state index in [0.717, 1.165) is 6.42 Å². The Labute approximate surface area is 101 Å². The van der Waals surface area contributed by atoms with Crippen LogP contribution in [-0.2, 0) is 0 Å². The highest BCUT2D eigenvalue weighted by atomic mass is 19.1. The Morgan fingerprint density at radius 2 is 2.18 bits per heavy atom. The molecular weight excluding hydrogens is 221 g/mol. The third-order valence-corrected chi connectivity index (χ3v) is 2.83. The first-order valence-corrected chi connectivity index (χ1v) is 5.70. The standard InChI is InChI=1S/C13H18FNO2/c1-4-9(2)8-15(3)13(17)12-10(14)6-5-7-11(12)16/h5-7,9,16H,4,8H2,1-3H3. The van der Waals surface area contributed by atoms with Crippen molar-refractivity contribution < 1.29 is 14.3 Å². The van der Waals surface area contributed by atoms with Crippen LogP contribution in [0.2, 0.25) is 0 Å². The van der Waals surface area contributed by atoms with Gasteiger partial charge < -0.3 is 10.0 Å². The van der Waals surface area contributed by atoms with Gasteiger partial charge in [-0.25, -0.2) is 4.39 Å². The first-order valence-electron chi connectivity index (χ1n) is 5.70. The normalized spacial score (nSPS) is 12.2. The average molecular weight is 239 g/mol. The minimum Gasteiger partial charge on any atom is -0.507 e. The van der Waals surface area contributed by atoms with E-state index in [0.29, 0.717) is 12.5 Å². The summed E-state index contributed by atoms with van der Waals surface area (Å²) >= 11 is 0. The van der Waals surface area contributed by atoms with Crippen LogP contribution in [-0.4, -0.2) is 29.5 Å². The molecule has 1 aromatic rings. The van der Waals surface area contributed by atoms with E-state index in [1.54, 1.807) is 7.05 Å². The molecule has 0 aliphatic carbocycles. The third-order valence-electron chi connectivity index (χ3n) is 2.83. The maximum absolute atomic E-state index is 13.5. The Bertz CT molecular complexity index is 386. The molecule has 0 fully saturated rings. The number of hydrogen-bond donors (Lipinski definition) is 1. The van der Waals surface area contributed by atoms with Crippen LogP contribution in [0.5, 0.6) is 5.75 Å². The van der Waals surface area contributed by atoms with Crippen molar-refractivity contribution in [1.82, 2.24) is 4.90 Å². The summed E-state index contributed by atoms with van der Waals surface area (Å²) in [4.78, 5) is 13.4. The molecule has 1 aromatic carbocycles. The molecule has 4 heteroatoms. The molecule has 3 nitrogen and oxygen atoms in total. The van der Waals surface area contributed by atoms with Gasteiger partial charge in [0.05, 0.1) is 0 Å². The van der Waals surface area contributed by atoms with E-state index in [4.69, 9.17) is 0 Å². The summed E-state index contributed by atoms with van der Waals surface area (Å²) in [5.74, 6) is -1.14. The number of halogens is 1. The van der Waals surface area contributed by atoms with Gasteiger partial charge in [-0.15, -0.1) is 0 Å². The summed E-state index contributed by atoms with van der Waals surface area (Å²) in [6.45, 7) is 4.59. The molecule has 0 radical (unpaired) electrons. The lowest BCUT2D eigenvalue weighted by molar-refractivity contribution is 0.0767. The maximum atomic E-state index is 13.5. The van der Waals surface area contributed by atoms with Crippen LogP contribution in [0, 0.1) is 11.7 Å². The van der Waals surface area contributed by atoms with Crippen LogP contribution in [0.1, 0.15) is 30.6 Å². The highest BCUT2D eigenvalue weighted by Crippen LogP contribution is 2.21. The van der Waals surface area contributed by atoms with E-state index >= 15 is 0 Å². The van der Waals surface area contributed by atoms with Crippen molar-refractivity contribution in [2.24, 2.45) is 5.92 Å². The first-order chi connectivity index (χ1) is 7.97. The number of nitrogens with zero attached hydrogens (tertiary/aromatic N) is 1. The lowest BCUT2D eigenvalue weighted by atomic mass is 10.1. The van der Waals surface area contributed by atoms with E-state index < -0.39 is 11.7 Å². The topological polar surface area (TPSA) is 40.5 Å². The second-order valence-electron chi connectivity index (χ2n) is 4.33. The fourth-order valence-corrected chi connectivity index (χ4v) is 1.59. The van der Waals surface area contributed by atoms with Gasteiger partial charge in [-0.05, 0) is 18.1 Å². The summed E-state index contributed by atoms with van der Waals surface area (Å²) in [7, 11) is 1.61. The number of carbonyl (C=O) groups excluding carboxylic acids is 1. The number of aromatic hydroxyl groups is 1. The lowest BCUT2D eigenvalue weighted by Crippen LogP contribution is -2.31. The highest BCUT2D eigenvalue weighted by molar-refractivity contribution is 5.96. The van der Waals surface area contributed by atoms with E-state index in [2.05, 4.69) is 0 Å². The predicted molar refractivity (Wildman–Crippen MR) is 64.5 cm³/mol. The number of amides is 1. The fourth-order valence-electron chi connectivity index (χ4n) is 1.59. The number of phenols is 1. The van der Waals surface area contributed by atoms with Gasteiger partial charge in [-0.2, -0.15) is 0 Å². The van der Waals surface area contributed by atoms with Crippen molar-refractivity contribution in [3.8, 4) is 5.75 Å². The smallest absolute Gasteiger partial charge is 0.260 e. The largest absolute Gasteiger partial charge is 0.507 e. The summed E-state index contributed by atoms with van der Waals surface area (Å²) in [5.41, 5.74) is -0.252. The van der Waals surface area contributed by atoms with Gasteiger partial charge in [0.2, 0.25) is 0 Å². The molecule has 17 heavy (non-hydrogen) atoms. The zero-order chi connectivity index (χ0) is 13.0. The molecule has 0 bridgehead atoms. The molecule has 1 unspecified atom stereocenters. The Balaban J connectivity index is 2.89. The molecule has 0 heterocycles. The van der Waals surface area contributed by atoms with Gasteiger partial charge in [0, 0.05) is 13.6 Å². The van der Waals surface area contributed by atoms with Gasteiger partial charge >= 0.3 is 0 Å². The SMILES string of the molecule is CCC(C)CN(C)C(=O)c1c(O)cccc1F. The highest BCUT2D eigenvalue weighted by Gasteiger charge is 2.20. The number of carbonyl (C=O) groups is 1. The molecule has 0 aliphatic heterocycles. The van der Waals surface area contributed by atoms with Crippen molar-refractivity contribution >= 4 is 5.91 Å². The van der Waals surface area contributed by atoms with Gasteiger partial charge in [0.25, 0.3) is 5.91 Å². The maximum Gasteiger partial charge on any atom is 0.260 e. The molecular formula is C13H18FNO2. The van der Waals surface area contributed by atoms with Crippen LogP contribution < -0.4 is 0 Å². The molecule has 1 N–H and O–H groups in total. The van der Waals surface area contributed by atoms with Crippen LogP contribution >= 0.6 is 0 Å². The van der Waals surface area contributed by atoms with E-state index in [-0.39, 0.29) is 11.3 Å². The zero-order valence-electron chi connectivity index (χ0n) is 10.4. The Morgan fingerprint density at radius 1 is 1.53 bits per heavy atom. The number of benzene rings is 1. The molecule has 0 saturated carbocycles. The molecule has 0 spiro atoms. The van der Waals surface area contributed by atoms with Gasteiger partial charge in [0.1, 0.15) is 17.1 Å². The number of phenolic OH excluding ortho intramolecular Hbond substituents is 1. The van der Waals surface area contributed by atoms with Crippen molar-refractivity contribution in [3.05, 3.63) is 29.6 Å². The molecule has 0 saturated heterocycles. The Morgan fingerprint density at radius 3 is 2.71 bits per heavy atom. The van der Waals surface area contributed by atoms with Crippen molar-refractivity contribution in [2.45, 2.75) is 20.3 Å². The molecule has 94 valence electrons. The molecule has 0 aliphatic rings. The predicted octanol–water partition coefficient (Wildman–Crippen LogP) is 2.65. The van der Waals surface area contributed by atoms with Crippen molar-refractivity contribution in [1.29, 1.82) is 0 Å². The van der Waals surface area contributed by atoms with E-state index in [1.165, 1.54) is 23.1 Å². The first kappa shape index (κ1) is 13.5. The van der Waals surface area contributed by atoms with Crippen LogP contribution in [0.15, 0.2) is 18.2 Å². The fraction of sp³-hybridized carbons (Fsp3) is 0.462.